The summed E-state index contributed by atoms with van der Waals surface area (Å²) in [5.74, 6) is 0.458. The van der Waals surface area contributed by atoms with Gasteiger partial charge in [0.25, 0.3) is 0 Å². The molecule has 0 radical (unpaired) electrons. The Balaban J connectivity index is 1.58. The number of carbonyl (C=O) groups excluding carboxylic acids is 2. The van der Waals surface area contributed by atoms with Gasteiger partial charge in [-0.25, -0.2) is 9.59 Å². The fraction of sp³-hybridized carbons (Fsp3) is 0.875. The third-order valence-corrected chi connectivity index (χ3v) is 4.64. The predicted molar refractivity (Wildman–Crippen MR) is 88.4 cm³/mol. The lowest BCUT2D eigenvalue weighted by Gasteiger charge is -2.31. The van der Waals surface area contributed by atoms with E-state index in [2.05, 4.69) is 22.5 Å². The maximum Gasteiger partial charge on any atom is 0.409 e. The SMILES string of the molecule is COC(=O)N1CCC(NC(=O)NCC(C)CN2CCCC2)CC1. The highest BCUT2D eigenvalue weighted by molar-refractivity contribution is 5.74. The molecule has 1 unspecified atom stereocenters. The quantitative estimate of drug-likeness (QED) is 0.797. The Morgan fingerprint density at radius 3 is 2.43 bits per heavy atom. The number of carbonyl (C=O) groups is 2. The van der Waals surface area contributed by atoms with Crippen LogP contribution in [-0.4, -0.2) is 74.3 Å². The second-order valence-corrected chi connectivity index (χ2v) is 6.70. The highest BCUT2D eigenvalue weighted by Crippen LogP contribution is 2.11. The minimum atomic E-state index is -0.288. The summed E-state index contributed by atoms with van der Waals surface area (Å²) < 4.78 is 4.71. The van der Waals surface area contributed by atoms with Crippen LogP contribution in [0.1, 0.15) is 32.6 Å². The van der Waals surface area contributed by atoms with Crippen molar-refractivity contribution >= 4 is 12.1 Å². The van der Waals surface area contributed by atoms with Crippen LogP contribution in [0.15, 0.2) is 0 Å². The topological polar surface area (TPSA) is 73.9 Å². The van der Waals surface area contributed by atoms with Crippen LogP contribution in [0.3, 0.4) is 0 Å². The van der Waals surface area contributed by atoms with Gasteiger partial charge in [-0.1, -0.05) is 6.92 Å². The average molecular weight is 326 g/mol. The van der Waals surface area contributed by atoms with Crippen LogP contribution in [0.25, 0.3) is 0 Å². The summed E-state index contributed by atoms with van der Waals surface area (Å²) in [5.41, 5.74) is 0. The van der Waals surface area contributed by atoms with E-state index in [1.165, 1.54) is 33.0 Å². The molecule has 2 heterocycles. The molecule has 3 amide bonds. The van der Waals surface area contributed by atoms with Gasteiger partial charge in [0.05, 0.1) is 7.11 Å². The highest BCUT2D eigenvalue weighted by atomic mass is 16.5. The van der Waals surface area contributed by atoms with Crippen LogP contribution in [0.4, 0.5) is 9.59 Å². The fourth-order valence-corrected chi connectivity index (χ4v) is 3.31. The molecule has 0 aromatic rings. The molecule has 2 N–H and O–H groups in total. The third-order valence-electron chi connectivity index (χ3n) is 4.64. The van der Waals surface area contributed by atoms with Gasteiger partial charge in [0.1, 0.15) is 0 Å². The molecule has 0 spiro atoms. The monoisotopic (exact) mass is 326 g/mol. The van der Waals surface area contributed by atoms with Crippen molar-refractivity contribution in [2.24, 2.45) is 5.92 Å². The minimum absolute atomic E-state index is 0.102. The first-order valence-corrected chi connectivity index (χ1v) is 8.68. The van der Waals surface area contributed by atoms with E-state index in [1.54, 1.807) is 4.90 Å². The van der Waals surface area contributed by atoms with Gasteiger partial charge in [-0.2, -0.15) is 0 Å². The summed E-state index contributed by atoms with van der Waals surface area (Å²) >= 11 is 0. The van der Waals surface area contributed by atoms with Crippen molar-refractivity contribution < 1.29 is 14.3 Å². The lowest BCUT2D eigenvalue weighted by molar-refractivity contribution is 0.110. The van der Waals surface area contributed by atoms with Gasteiger partial charge in [0.15, 0.2) is 0 Å². The molecule has 0 bridgehead atoms. The normalized spacial score (nSPS) is 21.0. The Labute approximate surface area is 138 Å². The lowest BCUT2D eigenvalue weighted by atomic mass is 10.1. The average Bonchev–Trinajstić information content (AvgIpc) is 3.06. The van der Waals surface area contributed by atoms with Crippen molar-refractivity contribution in [1.29, 1.82) is 0 Å². The predicted octanol–water partition coefficient (Wildman–Crippen LogP) is 1.25. The molecule has 7 heteroatoms. The van der Waals surface area contributed by atoms with Gasteiger partial charge in [0.2, 0.25) is 0 Å². The maximum atomic E-state index is 12.0. The molecule has 0 aromatic carbocycles. The van der Waals surface area contributed by atoms with Gasteiger partial charge >= 0.3 is 12.1 Å². The van der Waals surface area contributed by atoms with Gasteiger partial charge in [0, 0.05) is 32.2 Å². The van der Waals surface area contributed by atoms with Crippen molar-refractivity contribution in [2.45, 2.75) is 38.6 Å². The first kappa shape index (κ1) is 17.8. The van der Waals surface area contributed by atoms with Gasteiger partial charge < -0.3 is 25.2 Å². The number of hydrogen-bond donors (Lipinski definition) is 2. The zero-order chi connectivity index (χ0) is 16.7. The molecule has 0 saturated carbocycles. The Kier molecular flexibility index (Phi) is 6.95. The maximum absolute atomic E-state index is 12.0. The number of ether oxygens (including phenoxy) is 1. The van der Waals surface area contributed by atoms with E-state index in [4.69, 9.17) is 4.74 Å². The second kappa shape index (κ2) is 8.96. The summed E-state index contributed by atoms with van der Waals surface area (Å²) in [6.45, 7) is 7.56. The van der Waals surface area contributed by atoms with Crippen LogP contribution < -0.4 is 10.6 Å². The number of hydrogen-bond acceptors (Lipinski definition) is 4. The van der Waals surface area contributed by atoms with Crippen LogP contribution in [0.5, 0.6) is 0 Å². The summed E-state index contributed by atoms with van der Waals surface area (Å²) in [6, 6.07) is 0.0274. The van der Waals surface area contributed by atoms with E-state index in [0.717, 1.165) is 19.4 Å². The van der Waals surface area contributed by atoms with E-state index >= 15 is 0 Å². The Bertz CT molecular complexity index is 391. The number of rotatable bonds is 5. The van der Waals surface area contributed by atoms with Crippen LogP contribution in [0, 0.1) is 5.92 Å². The van der Waals surface area contributed by atoms with Gasteiger partial charge in [-0.15, -0.1) is 0 Å². The van der Waals surface area contributed by atoms with E-state index in [1.807, 2.05) is 0 Å². The number of nitrogens with zero attached hydrogens (tertiary/aromatic N) is 2. The number of piperidine rings is 1. The largest absolute Gasteiger partial charge is 0.453 e. The standard InChI is InChI=1S/C16H30N4O3/c1-13(12-19-7-3-4-8-19)11-17-15(21)18-14-5-9-20(10-6-14)16(22)23-2/h13-14H,3-12H2,1-2H3,(H2,17,18,21). The van der Waals surface area contributed by atoms with Crippen molar-refractivity contribution in [1.82, 2.24) is 20.4 Å². The van der Waals surface area contributed by atoms with E-state index in [9.17, 15) is 9.59 Å². The summed E-state index contributed by atoms with van der Waals surface area (Å²) in [6.07, 6.45) is 3.84. The molecule has 0 aliphatic carbocycles. The lowest BCUT2D eigenvalue weighted by Crippen LogP contribution is -2.49. The molecule has 0 aromatic heterocycles. The minimum Gasteiger partial charge on any atom is -0.453 e. The molecule has 2 aliphatic heterocycles. The highest BCUT2D eigenvalue weighted by Gasteiger charge is 2.24. The van der Waals surface area contributed by atoms with E-state index in [-0.39, 0.29) is 18.2 Å². The summed E-state index contributed by atoms with van der Waals surface area (Å²) in [4.78, 5) is 27.5. The van der Waals surface area contributed by atoms with Crippen LogP contribution in [0.2, 0.25) is 0 Å². The first-order chi connectivity index (χ1) is 11.1. The molecule has 2 fully saturated rings. The van der Waals surface area contributed by atoms with Gasteiger partial charge in [-0.05, 0) is 44.7 Å². The molecule has 1 atom stereocenters. The molecule has 132 valence electrons. The number of nitrogens with one attached hydrogen (secondary N) is 2. The molecule has 2 saturated heterocycles. The van der Waals surface area contributed by atoms with E-state index in [0.29, 0.717) is 25.6 Å². The molecular weight excluding hydrogens is 296 g/mol. The van der Waals surface area contributed by atoms with Crippen LogP contribution in [-0.2, 0) is 4.74 Å². The zero-order valence-corrected chi connectivity index (χ0v) is 14.3. The second-order valence-electron chi connectivity index (χ2n) is 6.70. The molecule has 23 heavy (non-hydrogen) atoms. The van der Waals surface area contributed by atoms with Crippen molar-refractivity contribution in [3.63, 3.8) is 0 Å². The van der Waals surface area contributed by atoms with Crippen molar-refractivity contribution in [3.05, 3.63) is 0 Å². The Morgan fingerprint density at radius 1 is 1.17 bits per heavy atom. The summed E-state index contributed by atoms with van der Waals surface area (Å²) in [5, 5.41) is 5.97. The fourth-order valence-electron chi connectivity index (χ4n) is 3.31. The molecular formula is C16H30N4O3. The molecule has 2 aliphatic rings. The Hall–Kier alpha value is -1.50. The zero-order valence-electron chi connectivity index (χ0n) is 14.3. The Morgan fingerprint density at radius 2 is 1.83 bits per heavy atom. The summed E-state index contributed by atoms with van der Waals surface area (Å²) in [7, 11) is 1.39. The molecule has 2 rings (SSSR count). The number of urea groups is 1. The molecule has 7 nitrogen and oxygen atoms in total. The van der Waals surface area contributed by atoms with Crippen molar-refractivity contribution in [2.75, 3.05) is 46.4 Å². The van der Waals surface area contributed by atoms with E-state index < -0.39 is 0 Å². The van der Waals surface area contributed by atoms with Crippen LogP contribution >= 0.6 is 0 Å². The van der Waals surface area contributed by atoms with Crippen molar-refractivity contribution in [3.8, 4) is 0 Å². The first-order valence-electron chi connectivity index (χ1n) is 8.68. The van der Waals surface area contributed by atoms with Gasteiger partial charge in [-0.3, -0.25) is 0 Å². The smallest absolute Gasteiger partial charge is 0.409 e. The number of methoxy groups -OCH3 is 1. The third kappa shape index (κ3) is 5.89. The number of amides is 3. The number of likely N-dealkylation sites (tertiary alicyclic amines) is 2.